The Bertz CT molecular complexity index is 512. The molecule has 0 bridgehead atoms. The van der Waals surface area contributed by atoms with Crippen molar-refractivity contribution in [2.75, 3.05) is 20.1 Å². The molecule has 0 radical (unpaired) electrons. The van der Waals surface area contributed by atoms with Crippen molar-refractivity contribution in [2.24, 2.45) is 5.92 Å². The summed E-state index contributed by atoms with van der Waals surface area (Å²) in [6, 6.07) is 1.81. The fourth-order valence-corrected chi connectivity index (χ4v) is 3.04. The molecule has 0 aromatic carbocycles. The molecule has 1 fully saturated rings. The summed E-state index contributed by atoms with van der Waals surface area (Å²) in [6.07, 6.45) is 4.14. The molecule has 5 heteroatoms. The van der Waals surface area contributed by atoms with Gasteiger partial charge in [-0.3, -0.25) is 9.78 Å². The third kappa shape index (κ3) is 4.17. The van der Waals surface area contributed by atoms with E-state index >= 15 is 0 Å². The van der Waals surface area contributed by atoms with Crippen molar-refractivity contribution in [1.82, 2.24) is 14.8 Å². The molecule has 0 N–H and O–H groups in total. The topological polar surface area (TPSA) is 36.4 Å². The van der Waals surface area contributed by atoms with Crippen LogP contribution in [0.1, 0.15) is 32.8 Å². The average Bonchev–Trinajstić information content (AvgIpc) is 2.73. The molecule has 116 valence electrons. The van der Waals surface area contributed by atoms with E-state index in [9.17, 15) is 4.79 Å². The third-order valence-corrected chi connectivity index (χ3v) is 4.24. The fraction of sp³-hybridized carbons (Fsp3) is 0.625. The van der Waals surface area contributed by atoms with Gasteiger partial charge in [-0.1, -0.05) is 11.6 Å². The van der Waals surface area contributed by atoms with E-state index in [1.165, 1.54) is 0 Å². The molecule has 4 nitrogen and oxygen atoms in total. The lowest BCUT2D eigenvalue weighted by Crippen LogP contribution is -2.42. The molecule has 21 heavy (non-hydrogen) atoms. The van der Waals surface area contributed by atoms with E-state index in [-0.39, 0.29) is 11.4 Å². The molecule has 0 spiro atoms. The molecule has 2 rings (SSSR count). The van der Waals surface area contributed by atoms with E-state index in [0.717, 1.165) is 30.2 Å². The zero-order chi connectivity index (χ0) is 15.6. The van der Waals surface area contributed by atoms with Crippen molar-refractivity contribution in [1.29, 1.82) is 0 Å². The Kier molecular flexibility index (Phi) is 4.89. The van der Waals surface area contributed by atoms with Gasteiger partial charge in [0, 0.05) is 54.6 Å². The van der Waals surface area contributed by atoms with Crippen LogP contribution in [0.5, 0.6) is 0 Å². The molecule has 1 aromatic heterocycles. The summed E-state index contributed by atoms with van der Waals surface area (Å²) < 4.78 is 0. The highest BCUT2D eigenvalue weighted by Crippen LogP contribution is 2.26. The zero-order valence-electron chi connectivity index (χ0n) is 13.3. The Hall–Kier alpha value is -1.13. The maximum absolute atomic E-state index is 12.1. The Morgan fingerprint density at radius 1 is 1.48 bits per heavy atom. The van der Waals surface area contributed by atoms with Gasteiger partial charge in [0.1, 0.15) is 0 Å². The first kappa shape index (κ1) is 16.2. The van der Waals surface area contributed by atoms with E-state index in [0.29, 0.717) is 12.3 Å². The van der Waals surface area contributed by atoms with Gasteiger partial charge in [-0.05, 0) is 39.8 Å². The van der Waals surface area contributed by atoms with Crippen LogP contribution in [0.3, 0.4) is 0 Å². The van der Waals surface area contributed by atoms with Crippen LogP contribution in [0.25, 0.3) is 0 Å². The number of carbonyl (C=O) groups is 1. The van der Waals surface area contributed by atoms with Gasteiger partial charge in [0.05, 0.1) is 0 Å². The molecule has 1 saturated heterocycles. The van der Waals surface area contributed by atoms with Crippen LogP contribution in [0.4, 0.5) is 0 Å². The van der Waals surface area contributed by atoms with Gasteiger partial charge in [0.25, 0.3) is 0 Å². The molecule has 1 aliphatic rings. The van der Waals surface area contributed by atoms with Gasteiger partial charge in [0.15, 0.2) is 0 Å². The molecule has 1 atom stereocenters. The number of aromatic nitrogens is 1. The predicted molar refractivity (Wildman–Crippen MR) is 85.2 cm³/mol. The first-order valence-corrected chi connectivity index (χ1v) is 7.72. The minimum atomic E-state index is -0.0862. The predicted octanol–water partition coefficient (Wildman–Crippen LogP) is 2.81. The van der Waals surface area contributed by atoms with Crippen molar-refractivity contribution >= 4 is 17.5 Å². The number of carbonyl (C=O) groups excluding carboxylic acids is 1. The summed E-state index contributed by atoms with van der Waals surface area (Å²) in [4.78, 5) is 20.4. The number of halogens is 1. The average molecular weight is 310 g/mol. The summed E-state index contributed by atoms with van der Waals surface area (Å²) in [5, 5.41) is 0.746. The van der Waals surface area contributed by atoms with Gasteiger partial charge in [-0.15, -0.1) is 0 Å². The Labute approximate surface area is 132 Å². The normalized spacial score (nSPS) is 19.6. The molecule has 0 aliphatic carbocycles. The lowest BCUT2D eigenvalue weighted by Gasteiger charge is -2.32. The Balaban J connectivity index is 1.91. The standard InChI is InChI=1S/C16H24ClN3O/c1-16(2,3)20-10-12(7-15(20)21)9-19(4)11-13-8-18-6-5-14(13)17/h5-6,8,12H,7,9-11H2,1-4H3/t12-/m1/s1. The van der Waals surface area contributed by atoms with Crippen molar-refractivity contribution in [3.8, 4) is 0 Å². The van der Waals surface area contributed by atoms with E-state index in [2.05, 4.69) is 37.7 Å². The highest BCUT2D eigenvalue weighted by atomic mass is 35.5. The third-order valence-electron chi connectivity index (χ3n) is 3.87. The number of nitrogens with zero attached hydrogens (tertiary/aromatic N) is 3. The summed E-state index contributed by atoms with van der Waals surface area (Å²) in [6.45, 7) is 8.76. The summed E-state index contributed by atoms with van der Waals surface area (Å²) >= 11 is 6.16. The van der Waals surface area contributed by atoms with E-state index < -0.39 is 0 Å². The quantitative estimate of drug-likeness (QED) is 0.858. The molecule has 1 aromatic rings. The maximum atomic E-state index is 12.1. The molecular formula is C16H24ClN3O. The van der Waals surface area contributed by atoms with Gasteiger partial charge in [-0.2, -0.15) is 0 Å². The van der Waals surface area contributed by atoms with Crippen LogP contribution < -0.4 is 0 Å². The Morgan fingerprint density at radius 3 is 2.76 bits per heavy atom. The minimum absolute atomic E-state index is 0.0862. The fourth-order valence-electron chi connectivity index (χ4n) is 2.87. The van der Waals surface area contributed by atoms with Crippen LogP contribution in [0.2, 0.25) is 5.02 Å². The highest BCUT2D eigenvalue weighted by Gasteiger charge is 2.36. The van der Waals surface area contributed by atoms with Crippen LogP contribution in [0, 0.1) is 5.92 Å². The van der Waals surface area contributed by atoms with Gasteiger partial charge < -0.3 is 9.80 Å². The molecule has 1 aliphatic heterocycles. The summed E-state index contributed by atoms with van der Waals surface area (Å²) in [5.41, 5.74) is 0.940. The van der Waals surface area contributed by atoms with Crippen molar-refractivity contribution in [3.63, 3.8) is 0 Å². The maximum Gasteiger partial charge on any atom is 0.223 e. The Morgan fingerprint density at radius 2 is 2.19 bits per heavy atom. The van der Waals surface area contributed by atoms with Crippen LogP contribution >= 0.6 is 11.6 Å². The molecule has 0 unspecified atom stereocenters. The van der Waals surface area contributed by atoms with Gasteiger partial charge in [-0.25, -0.2) is 0 Å². The molecule has 2 heterocycles. The minimum Gasteiger partial charge on any atom is -0.338 e. The second-order valence-electron chi connectivity index (χ2n) is 6.91. The summed E-state index contributed by atoms with van der Waals surface area (Å²) in [5.74, 6) is 0.650. The van der Waals surface area contributed by atoms with Gasteiger partial charge >= 0.3 is 0 Å². The molecule has 0 saturated carbocycles. The zero-order valence-corrected chi connectivity index (χ0v) is 14.0. The molecular weight excluding hydrogens is 286 g/mol. The second-order valence-corrected chi connectivity index (χ2v) is 7.32. The first-order chi connectivity index (χ1) is 9.77. The first-order valence-electron chi connectivity index (χ1n) is 7.35. The van der Waals surface area contributed by atoms with Crippen molar-refractivity contribution in [2.45, 2.75) is 39.3 Å². The SMILES string of the molecule is CN(Cc1cnccc1Cl)C[C@H]1CC(=O)N(C(C)(C)C)C1. The number of hydrogen-bond acceptors (Lipinski definition) is 3. The largest absolute Gasteiger partial charge is 0.338 e. The number of likely N-dealkylation sites (tertiary alicyclic amines) is 1. The van der Waals surface area contributed by atoms with Crippen LogP contribution in [0.15, 0.2) is 18.5 Å². The van der Waals surface area contributed by atoms with Crippen LogP contribution in [-0.4, -0.2) is 46.4 Å². The van der Waals surface area contributed by atoms with Gasteiger partial charge in [0.2, 0.25) is 5.91 Å². The van der Waals surface area contributed by atoms with E-state index in [1.54, 1.807) is 12.4 Å². The lowest BCUT2D eigenvalue weighted by atomic mass is 10.1. The summed E-state index contributed by atoms with van der Waals surface area (Å²) in [7, 11) is 2.06. The monoisotopic (exact) mass is 309 g/mol. The number of amides is 1. The second kappa shape index (κ2) is 6.32. The number of pyridine rings is 1. The number of rotatable bonds is 4. The van der Waals surface area contributed by atoms with Crippen molar-refractivity contribution in [3.05, 3.63) is 29.0 Å². The smallest absolute Gasteiger partial charge is 0.223 e. The molecule has 1 amide bonds. The van der Waals surface area contributed by atoms with Crippen molar-refractivity contribution < 1.29 is 4.79 Å². The van der Waals surface area contributed by atoms with Crippen LogP contribution in [-0.2, 0) is 11.3 Å². The van der Waals surface area contributed by atoms with E-state index in [1.807, 2.05) is 11.0 Å². The highest BCUT2D eigenvalue weighted by molar-refractivity contribution is 6.31. The lowest BCUT2D eigenvalue weighted by molar-refractivity contribution is -0.131. The van der Waals surface area contributed by atoms with E-state index in [4.69, 9.17) is 11.6 Å². The number of hydrogen-bond donors (Lipinski definition) is 0.